The van der Waals surface area contributed by atoms with Crippen LogP contribution in [-0.4, -0.2) is 51.0 Å². The van der Waals surface area contributed by atoms with Crippen LogP contribution in [0, 0.1) is 0 Å². The maximum Gasteiger partial charge on any atom is 0.229 e. The lowest BCUT2D eigenvalue weighted by Crippen LogP contribution is -2.37. The number of nitrogens with one attached hydrogen (secondary N) is 2. The van der Waals surface area contributed by atoms with Gasteiger partial charge in [-0.25, -0.2) is 9.97 Å². The first-order chi connectivity index (χ1) is 14.7. The molecule has 5 rings (SSSR count). The number of pyridine rings is 1. The van der Waals surface area contributed by atoms with E-state index in [-0.39, 0.29) is 0 Å². The Morgan fingerprint density at radius 3 is 2.57 bits per heavy atom. The molecule has 152 valence electrons. The first-order valence-corrected chi connectivity index (χ1v) is 9.83. The predicted molar refractivity (Wildman–Crippen MR) is 117 cm³/mol. The molecule has 30 heavy (non-hydrogen) atoms. The zero-order chi connectivity index (χ0) is 20.3. The van der Waals surface area contributed by atoms with Crippen molar-refractivity contribution in [1.82, 2.24) is 24.7 Å². The van der Waals surface area contributed by atoms with Crippen molar-refractivity contribution in [2.75, 3.05) is 41.8 Å². The molecule has 0 bridgehead atoms. The molecule has 4 aromatic rings. The summed E-state index contributed by atoms with van der Waals surface area (Å²) in [5.74, 6) is 2.14. The fourth-order valence-electron chi connectivity index (χ4n) is 3.44. The molecule has 0 unspecified atom stereocenters. The van der Waals surface area contributed by atoms with Crippen LogP contribution in [0.1, 0.15) is 0 Å². The van der Waals surface area contributed by atoms with Crippen LogP contribution in [0.5, 0.6) is 0 Å². The molecule has 0 radical (unpaired) electrons. The van der Waals surface area contributed by atoms with Crippen molar-refractivity contribution in [3.8, 4) is 0 Å². The van der Waals surface area contributed by atoms with Crippen LogP contribution in [0.25, 0.3) is 10.9 Å². The minimum Gasteiger partial charge on any atom is -0.378 e. The lowest BCUT2D eigenvalue weighted by molar-refractivity contribution is 0.122. The average molecular weight is 402 g/mol. The van der Waals surface area contributed by atoms with Crippen molar-refractivity contribution in [3.63, 3.8) is 0 Å². The second kappa shape index (κ2) is 7.96. The van der Waals surface area contributed by atoms with Gasteiger partial charge in [0.05, 0.1) is 36.8 Å². The van der Waals surface area contributed by atoms with Gasteiger partial charge in [0.2, 0.25) is 5.95 Å². The molecule has 0 amide bonds. The van der Waals surface area contributed by atoms with Gasteiger partial charge in [0.1, 0.15) is 11.6 Å². The maximum absolute atomic E-state index is 5.53. The van der Waals surface area contributed by atoms with E-state index in [2.05, 4.69) is 25.6 Å². The third-order valence-electron chi connectivity index (χ3n) is 4.88. The molecule has 1 saturated heterocycles. The van der Waals surface area contributed by atoms with Crippen LogP contribution in [0.15, 0.2) is 55.0 Å². The molecule has 2 N–H and O–H groups in total. The lowest BCUT2D eigenvalue weighted by Gasteiger charge is -2.29. The summed E-state index contributed by atoms with van der Waals surface area (Å²) in [4.78, 5) is 16.3. The number of ether oxygens (including phenoxy) is 1. The van der Waals surface area contributed by atoms with E-state index in [0.717, 1.165) is 47.0 Å². The summed E-state index contributed by atoms with van der Waals surface area (Å²) < 4.78 is 7.27. The number of rotatable bonds is 5. The predicted octanol–water partition coefficient (Wildman–Crippen LogP) is 3.08. The highest BCUT2D eigenvalue weighted by atomic mass is 16.5. The maximum atomic E-state index is 5.53. The topological polar surface area (TPSA) is 93.0 Å². The van der Waals surface area contributed by atoms with Crippen molar-refractivity contribution in [3.05, 3.63) is 55.0 Å². The first kappa shape index (κ1) is 18.3. The summed E-state index contributed by atoms with van der Waals surface area (Å²) in [5.41, 5.74) is 2.59. The molecule has 9 heteroatoms. The number of nitrogens with zero attached hydrogens (tertiary/aromatic N) is 6. The number of hydrogen-bond donors (Lipinski definition) is 2. The van der Waals surface area contributed by atoms with Crippen LogP contribution >= 0.6 is 0 Å². The minimum atomic E-state index is 0.546. The van der Waals surface area contributed by atoms with Crippen molar-refractivity contribution in [2.24, 2.45) is 7.05 Å². The SMILES string of the molecule is Cn1cc(Nc2cc3c(N4CCOCC4)nc(Nc4ccccc4)nc3cn2)cn1. The van der Waals surface area contributed by atoms with E-state index < -0.39 is 0 Å². The van der Waals surface area contributed by atoms with Gasteiger partial charge in [-0.05, 0) is 18.2 Å². The summed E-state index contributed by atoms with van der Waals surface area (Å²) in [6.07, 6.45) is 5.44. The number of aromatic nitrogens is 5. The quantitative estimate of drug-likeness (QED) is 0.526. The number of morpholine rings is 1. The Kier molecular flexibility index (Phi) is 4.86. The normalized spacial score (nSPS) is 14.1. The second-order valence-corrected chi connectivity index (χ2v) is 7.08. The van der Waals surface area contributed by atoms with Crippen LogP contribution in [-0.2, 0) is 11.8 Å². The van der Waals surface area contributed by atoms with E-state index in [1.54, 1.807) is 17.1 Å². The smallest absolute Gasteiger partial charge is 0.229 e. The summed E-state index contributed by atoms with van der Waals surface area (Å²) >= 11 is 0. The van der Waals surface area contributed by atoms with Crippen molar-refractivity contribution in [1.29, 1.82) is 0 Å². The molecule has 0 saturated carbocycles. The van der Waals surface area contributed by atoms with Gasteiger partial charge >= 0.3 is 0 Å². The zero-order valence-corrected chi connectivity index (χ0v) is 16.6. The van der Waals surface area contributed by atoms with E-state index in [1.165, 1.54) is 0 Å². The monoisotopic (exact) mass is 402 g/mol. The Labute approximate surface area is 173 Å². The standard InChI is InChI=1S/C21H22N8O/c1-28-14-16(12-23-28)24-19-11-17-18(13-22-19)26-21(25-15-5-3-2-4-6-15)27-20(17)29-7-9-30-10-8-29/h2-6,11-14H,7-10H2,1H3,(H,22,24)(H,25,26,27). The van der Waals surface area contributed by atoms with Crippen molar-refractivity contribution >= 4 is 39.9 Å². The number of para-hydroxylation sites is 1. The highest BCUT2D eigenvalue weighted by molar-refractivity contribution is 5.92. The van der Waals surface area contributed by atoms with E-state index in [0.29, 0.717) is 19.2 Å². The molecular weight excluding hydrogens is 380 g/mol. The molecule has 9 nitrogen and oxygen atoms in total. The Hall–Kier alpha value is -3.72. The fraction of sp³-hybridized carbons (Fsp3) is 0.238. The molecule has 0 atom stereocenters. The van der Waals surface area contributed by atoms with Crippen LogP contribution in [0.2, 0.25) is 0 Å². The highest BCUT2D eigenvalue weighted by Gasteiger charge is 2.18. The average Bonchev–Trinajstić information content (AvgIpc) is 3.19. The van der Waals surface area contributed by atoms with Crippen molar-refractivity contribution < 1.29 is 4.74 Å². The van der Waals surface area contributed by atoms with E-state index >= 15 is 0 Å². The molecule has 0 spiro atoms. The molecular formula is C21H22N8O. The summed E-state index contributed by atoms with van der Waals surface area (Å²) in [6, 6.07) is 11.9. The van der Waals surface area contributed by atoms with Crippen molar-refractivity contribution in [2.45, 2.75) is 0 Å². The van der Waals surface area contributed by atoms with Crippen LogP contribution in [0.4, 0.5) is 29.0 Å². The molecule has 1 aliphatic rings. The zero-order valence-electron chi connectivity index (χ0n) is 16.6. The highest BCUT2D eigenvalue weighted by Crippen LogP contribution is 2.29. The van der Waals surface area contributed by atoms with Crippen LogP contribution in [0.3, 0.4) is 0 Å². The second-order valence-electron chi connectivity index (χ2n) is 7.08. The Morgan fingerprint density at radius 1 is 0.967 bits per heavy atom. The molecule has 1 aliphatic heterocycles. The van der Waals surface area contributed by atoms with Gasteiger partial charge in [-0.3, -0.25) is 4.68 Å². The Morgan fingerprint density at radius 2 is 1.80 bits per heavy atom. The molecule has 1 aromatic carbocycles. The third kappa shape index (κ3) is 3.87. The van der Waals surface area contributed by atoms with E-state index in [9.17, 15) is 0 Å². The first-order valence-electron chi connectivity index (χ1n) is 9.83. The Balaban J connectivity index is 1.55. The van der Waals surface area contributed by atoms with E-state index in [1.807, 2.05) is 49.6 Å². The number of fused-ring (bicyclic) bond motifs is 1. The number of hydrogen-bond acceptors (Lipinski definition) is 8. The van der Waals surface area contributed by atoms with Gasteiger partial charge in [-0.1, -0.05) is 18.2 Å². The van der Waals surface area contributed by atoms with Crippen LogP contribution < -0.4 is 15.5 Å². The van der Waals surface area contributed by atoms with Gasteiger partial charge in [0.15, 0.2) is 0 Å². The van der Waals surface area contributed by atoms with Gasteiger partial charge in [0, 0.05) is 37.4 Å². The molecule has 3 aromatic heterocycles. The lowest BCUT2D eigenvalue weighted by atomic mass is 10.2. The summed E-state index contributed by atoms with van der Waals surface area (Å²) in [7, 11) is 1.88. The third-order valence-corrected chi connectivity index (χ3v) is 4.88. The minimum absolute atomic E-state index is 0.546. The number of anilines is 5. The van der Waals surface area contributed by atoms with Gasteiger partial charge in [-0.2, -0.15) is 10.1 Å². The van der Waals surface area contributed by atoms with E-state index in [4.69, 9.17) is 14.7 Å². The fourth-order valence-corrected chi connectivity index (χ4v) is 3.44. The van der Waals surface area contributed by atoms with Gasteiger partial charge < -0.3 is 20.3 Å². The Bertz CT molecular complexity index is 1150. The van der Waals surface area contributed by atoms with Gasteiger partial charge in [0.25, 0.3) is 0 Å². The number of benzene rings is 1. The molecule has 1 fully saturated rings. The molecule has 0 aliphatic carbocycles. The van der Waals surface area contributed by atoms with Gasteiger partial charge in [-0.15, -0.1) is 0 Å². The largest absolute Gasteiger partial charge is 0.378 e. The molecule has 4 heterocycles. The summed E-state index contributed by atoms with van der Waals surface area (Å²) in [5, 5.41) is 11.7. The number of aryl methyl sites for hydroxylation is 1. The summed E-state index contributed by atoms with van der Waals surface area (Å²) in [6.45, 7) is 2.92.